The SMILES string of the molecule is Cc1ccc2nc([C@H]3CCCN(C(=O)c4noc(C)n4)C3)[nH]c2c1. The van der Waals surface area contributed by atoms with Crippen molar-refractivity contribution in [1.29, 1.82) is 0 Å². The number of hydrogen-bond donors (Lipinski definition) is 1. The second-order valence-corrected chi connectivity index (χ2v) is 6.37. The Morgan fingerprint density at radius 1 is 1.33 bits per heavy atom. The van der Waals surface area contributed by atoms with E-state index in [0.29, 0.717) is 19.0 Å². The molecule has 1 amide bonds. The van der Waals surface area contributed by atoms with Crippen LogP contribution in [0, 0.1) is 13.8 Å². The maximum Gasteiger partial charge on any atom is 0.295 e. The summed E-state index contributed by atoms with van der Waals surface area (Å²) < 4.78 is 4.91. The van der Waals surface area contributed by atoms with Crippen molar-refractivity contribution in [1.82, 2.24) is 25.0 Å². The van der Waals surface area contributed by atoms with Crippen molar-refractivity contribution in [3.8, 4) is 0 Å². The lowest BCUT2D eigenvalue weighted by atomic mass is 9.97. The first-order valence-corrected chi connectivity index (χ1v) is 8.16. The van der Waals surface area contributed by atoms with Crippen LogP contribution in [0.25, 0.3) is 11.0 Å². The highest BCUT2D eigenvalue weighted by Crippen LogP contribution is 2.27. The zero-order valence-corrected chi connectivity index (χ0v) is 13.7. The zero-order chi connectivity index (χ0) is 16.7. The molecule has 1 aromatic carbocycles. The molecule has 0 unspecified atom stereocenters. The number of hydrogen-bond acceptors (Lipinski definition) is 5. The van der Waals surface area contributed by atoms with Crippen molar-refractivity contribution in [3.05, 3.63) is 41.3 Å². The molecule has 3 aromatic rings. The lowest BCUT2D eigenvalue weighted by molar-refractivity contribution is 0.0689. The zero-order valence-electron chi connectivity index (χ0n) is 13.7. The van der Waals surface area contributed by atoms with Gasteiger partial charge in [0.15, 0.2) is 0 Å². The van der Waals surface area contributed by atoms with Crippen LogP contribution in [0.1, 0.15) is 46.7 Å². The van der Waals surface area contributed by atoms with Crippen LogP contribution in [0.4, 0.5) is 0 Å². The van der Waals surface area contributed by atoms with Gasteiger partial charge in [-0.2, -0.15) is 4.98 Å². The molecule has 24 heavy (non-hydrogen) atoms. The summed E-state index contributed by atoms with van der Waals surface area (Å²) in [7, 11) is 0. The Morgan fingerprint density at radius 3 is 3.00 bits per heavy atom. The number of aromatic amines is 1. The van der Waals surface area contributed by atoms with Crippen molar-refractivity contribution in [2.75, 3.05) is 13.1 Å². The Morgan fingerprint density at radius 2 is 2.21 bits per heavy atom. The first-order valence-electron chi connectivity index (χ1n) is 8.16. The summed E-state index contributed by atoms with van der Waals surface area (Å²) in [6.45, 7) is 5.07. The lowest BCUT2D eigenvalue weighted by Crippen LogP contribution is -2.39. The van der Waals surface area contributed by atoms with Gasteiger partial charge in [-0.3, -0.25) is 4.79 Å². The van der Waals surface area contributed by atoms with E-state index in [4.69, 9.17) is 9.51 Å². The fourth-order valence-electron chi connectivity index (χ4n) is 3.25. The van der Waals surface area contributed by atoms with Crippen LogP contribution in [0.5, 0.6) is 0 Å². The first kappa shape index (κ1) is 14.9. The van der Waals surface area contributed by atoms with Gasteiger partial charge in [-0.15, -0.1) is 0 Å². The number of aromatic nitrogens is 4. The van der Waals surface area contributed by atoms with Gasteiger partial charge in [0.05, 0.1) is 11.0 Å². The molecule has 1 saturated heterocycles. The summed E-state index contributed by atoms with van der Waals surface area (Å²) in [5.74, 6) is 1.50. The summed E-state index contributed by atoms with van der Waals surface area (Å²) in [5, 5.41) is 3.73. The molecule has 3 heterocycles. The van der Waals surface area contributed by atoms with Gasteiger partial charge in [0.1, 0.15) is 5.82 Å². The molecule has 1 aliphatic heterocycles. The molecule has 1 fully saturated rings. The van der Waals surface area contributed by atoms with Crippen molar-refractivity contribution in [2.45, 2.75) is 32.6 Å². The molecule has 0 radical (unpaired) electrons. The van der Waals surface area contributed by atoms with Crippen LogP contribution in [0.3, 0.4) is 0 Å². The number of imidazole rings is 1. The molecule has 1 atom stereocenters. The maximum atomic E-state index is 12.5. The number of likely N-dealkylation sites (tertiary alicyclic amines) is 1. The highest BCUT2D eigenvalue weighted by atomic mass is 16.5. The fraction of sp³-hybridized carbons (Fsp3) is 0.412. The van der Waals surface area contributed by atoms with E-state index in [1.54, 1.807) is 11.8 Å². The van der Waals surface area contributed by atoms with Crippen molar-refractivity contribution in [3.63, 3.8) is 0 Å². The quantitative estimate of drug-likeness (QED) is 0.782. The monoisotopic (exact) mass is 325 g/mol. The molecule has 7 nitrogen and oxygen atoms in total. The van der Waals surface area contributed by atoms with Crippen molar-refractivity contribution >= 4 is 16.9 Å². The van der Waals surface area contributed by atoms with Crippen LogP contribution < -0.4 is 0 Å². The minimum Gasteiger partial charge on any atom is -0.342 e. The third-order valence-electron chi connectivity index (χ3n) is 4.47. The Labute approximate surface area is 139 Å². The minimum absolute atomic E-state index is 0.133. The Hall–Kier alpha value is -2.70. The van der Waals surface area contributed by atoms with Gasteiger partial charge in [-0.05, 0) is 37.5 Å². The molecule has 1 aliphatic rings. The number of nitrogens with zero attached hydrogens (tertiary/aromatic N) is 4. The van der Waals surface area contributed by atoms with Gasteiger partial charge in [-0.25, -0.2) is 4.98 Å². The van der Waals surface area contributed by atoms with E-state index < -0.39 is 0 Å². The van der Waals surface area contributed by atoms with Crippen LogP contribution in [-0.4, -0.2) is 44.0 Å². The van der Waals surface area contributed by atoms with Crippen molar-refractivity contribution in [2.24, 2.45) is 0 Å². The third-order valence-corrected chi connectivity index (χ3v) is 4.47. The molecule has 124 valence electrons. The number of benzene rings is 1. The van der Waals surface area contributed by atoms with E-state index >= 15 is 0 Å². The van der Waals surface area contributed by atoms with Gasteiger partial charge >= 0.3 is 0 Å². The van der Waals surface area contributed by atoms with E-state index in [1.807, 2.05) is 6.07 Å². The summed E-state index contributed by atoms with van der Waals surface area (Å²) >= 11 is 0. The molecular weight excluding hydrogens is 306 g/mol. The number of amides is 1. The van der Waals surface area contributed by atoms with Gasteiger partial charge in [0.2, 0.25) is 5.89 Å². The number of aryl methyl sites for hydroxylation is 2. The van der Waals surface area contributed by atoms with E-state index in [1.165, 1.54) is 5.56 Å². The molecule has 0 saturated carbocycles. The summed E-state index contributed by atoms with van der Waals surface area (Å²) in [6.07, 6.45) is 1.94. The predicted molar refractivity (Wildman–Crippen MR) is 87.7 cm³/mol. The number of carbonyl (C=O) groups is 1. The normalized spacial score (nSPS) is 18.2. The fourth-order valence-corrected chi connectivity index (χ4v) is 3.25. The van der Waals surface area contributed by atoms with Crippen LogP contribution in [0.2, 0.25) is 0 Å². The van der Waals surface area contributed by atoms with Crippen LogP contribution in [0.15, 0.2) is 22.7 Å². The van der Waals surface area contributed by atoms with E-state index in [0.717, 1.165) is 29.7 Å². The number of piperidine rings is 1. The maximum absolute atomic E-state index is 12.5. The highest BCUT2D eigenvalue weighted by Gasteiger charge is 2.29. The van der Waals surface area contributed by atoms with Gasteiger partial charge in [-0.1, -0.05) is 11.2 Å². The minimum atomic E-state index is -0.177. The molecule has 1 N–H and O–H groups in total. The van der Waals surface area contributed by atoms with E-state index in [2.05, 4.69) is 34.2 Å². The summed E-state index contributed by atoms with van der Waals surface area (Å²) in [6, 6.07) is 6.18. The predicted octanol–water partition coefficient (Wildman–Crippen LogP) is 2.58. The molecule has 2 aromatic heterocycles. The largest absolute Gasteiger partial charge is 0.342 e. The average Bonchev–Trinajstić information content (AvgIpc) is 3.20. The standard InChI is InChI=1S/C17H19N5O2/c1-10-5-6-13-14(8-10)20-15(19-13)12-4-3-7-22(9-12)17(23)16-18-11(2)24-21-16/h5-6,8,12H,3-4,7,9H2,1-2H3,(H,19,20)/t12-/m0/s1. The Bertz CT molecular complexity index is 897. The van der Waals surface area contributed by atoms with Crippen LogP contribution in [-0.2, 0) is 0 Å². The molecule has 0 aliphatic carbocycles. The second-order valence-electron chi connectivity index (χ2n) is 6.37. The van der Waals surface area contributed by atoms with E-state index in [9.17, 15) is 4.79 Å². The molecule has 0 bridgehead atoms. The molecule has 7 heteroatoms. The molecule has 4 rings (SSSR count). The molecule has 0 spiro atoms. The lowest BCUT2D eigenvalue weighted by Gasteiger charge is -2.30. The number of rotatable bonds is 2. The van der Waals surface area contributed by atoms with Gasteiger partial charge < -0.3 is 14.4 Å². The van der Waals surface area contributed by atoms with Gasteiger partial charge in [0, 0.05) is 25.9 Å². The number of H-pyrrole nitrogens is 1. The van der Waals surface area contributed by atoms with E-state index in [-0.39, 0.29) is 17.6 Å². The Balaban J connectivity index is 1.56. The van der Waals surface area contributed by atoms with Gasteiger partial charge in [0.25, 0.3) is 11.7 Å². The van der Waals surface area contributed by atoms with Crippen molar-refractivity contribution < 1.29 is 9.32 Å². The Kier molecular flexibility index (Phi) is 3.55. The third kappa shape index (κ3) is 2.66. The smallest absolute Gasteiger partial charge is 0.295 e. The highest BCUT2D eigenvalue weighted by molar-refractivity contribution is 5.90. The number of carbonyl (C=O) groups excluding carboxylic acids is 1. The summed E-state index contributed by atoms with van der Waals surface area (Å²) in [5.41, 5.74) is 3.21. The number of fused-ring (bicyclic) bond motifs is 1. The summed E-state index contributed by atoms with van der Waals surface area (Å²) in [4.78, 5) is 26.5. The topological polar surface area (TPSA) is 87.9 Å². The average molecular weight is 325 g/mol. The van der Waals surface area contributed by atoms with Crippen LogP contribution >= 0.6 is 0 Å². The first-order chi connectivity index (χ1) is 11.6. The second kappa shape index (κ2) is 5.74. The molecular formula is C17H19N5O2. The number of nitrogens with one attached hydrogen (secondary N) is 1.